The van der Waals surface area contributed by atoms with Crippen LogP contribution in [0.2, 0.25) is 0 Å². The van der Waals surface area contributed by atoms with E-state index in [1.807, 2.05) is 0 Å². The molecule has 1 N–H and O–H groups in total. The molecule has 0 saturated carbocycles. The van der Waals surface area contributed by atoms with Crippen LogP contribution in [0.3, 0.4) is 0 Å². The summed E-state index contributed by atoms with van der Waals surface area (Å²) in [5.41, 5.74) is 0. The summed E-state index contributed by atoms with van der Waals surface area (Å²) < 4.78 is 10.6. The standard InChI is InChI=1S/C40H72O5/c1-3-5-7-9-11-13-15-17-19-21-22-24-26-28-30-32-34-39(42)44-37-38(36-41)45-40(43)35-33-31-29-27-25-23-20-18-16-14-12-10-8-6-4-2/h12,14,18-21,38,41H,3-11,13,15-17,22-37H2,1-2H3/b14-12-,20-18-,21-19-. The summed E-state index contributed by atoms with van der Waals surface area (Å²) in [6.45, 7) is 4.08. The third-order valence-corrected chi connectivity index (χ3v) is 8.16. The molecule has 1 unspecified atom stereocenters. The van der Waals surface area contributed by atoms with Gasteiger partial charge in [0.15, 0.2) is 6.10 Å². The van der Waals surface area contributed by atoms with Crippen molar-refractivity contribution < 1.29 is 24.2 Å². The van der Waals surface area contributed by atoms with E-state index in [0.29, 0.717) is 12.8 Å². The molecule has 45 heavy (non-hydrogen) atoms. The van der Waals surface area contributed by atoms with Gasteiger partial charge < -0.3 is 14.6 Å². The molecule has 0 aliphatic heterocycles. The van der Waals surface area contributed by atoms with Crippen LogP contribution >= 0.6 is 0 Å². The lowest BCUT2D eigenvalue weighted by Gasteiger charge is -2.15. The lowest BCUT2D eigenvalue weighted by Crippen LogP contribution is -2.28. The number of aliphatic hydroxyl groups is 1. The summed E-state index contributed by atoms with van der Waals surface area (Å²) in [7, 11) is 0. The molecular weight excluding hydrogens is 560 g/mol. The van der Waals surface area contributed by atoms with Crippen molar-refractivity contribution >= 4 is 11.9 Å². The third-order valence-electron chi connectivity index (χ3n) is 8.16. The number of allylic oxidation sites excluding steroid dienone is 6. The van der Waals surface area contributed by atoms with E-state index in [0.717, 1.165) is 64.2 Å². The Morgan fingerprint density at radius 1 is 0.511 bits per heavy atom. The summed E-state index contributed by atoms with van der Waals surface area (Å²) in [5.74, 6) is -0.616. The lowest BCUT2D eigenvalue weighted by molar-refractivity contribution is -0.161. The quantitative estimate of drug-likeness (QED) is 0.0434. The zero-order valence-corrected chi connectivity index (χ0v) is 29.6. The van der Waals surface area contributed by atoms with Crippen LogP contribution in [-0.4, -0.2) is 36.4 Å². The SMILES string of the molecule is CCCCC/C=C\C/C=C\CCCCCCCC(=O)OC(CO)COC(=O)CCCCCCC/C=C\CCCCCCCCC. The number of carbonyl (C=O) groups is 2. The highest BCUT2D eigenvalue weighted by molar-refractivity contribution is 5.70. The predicted molar refractivity (Wildman–Crippen MR) is 191 cm³/mol. The second kappa shape index (κ2) is 36.6. The maximum absolute atomic E-state index is 12.1. The number of hydrogen-bond acceptors (Lipinski definition) is 5. The fourth-order valence-electron chi connectivity index (χ4n) is 5.22. The Labute approximate surface area is 278 Å². The molecule has 0 fully saturated rings. The monoisotopic (exact) mass is 633 g/mol. The van der Waals surface area contributed by atoms with Gasteiger partial charge in [-0.25, -0.2) is 0 Å². The number of carbonyl (C=O) groups excluding carboxylic acids is 2. The Kier molecular flexibility index (Phi) is 35.1. The summed E-state index contributed by atoms with van der Waals surface area (Å²) in [6.07, 6.45) is 43.4. The topological polar surface area (TPSA) is 72.8 Å². The molecule has 0 amide bonds. The number of esters is 2. The van der Waals surface area contributed by atoms with Crippen LogP contribution in [0.5, 0.6) is 0 Å². The first-order chi connectivity index (χ1) is 22.1. The molecule has 0 radical (unpaired) electrons. The van der Waals surface area contributed by atoms with Crippen molar-refractivity contribution in [2.75, 3.05) is 13.2 Å². The van der Waals surface area contributed by atoms with Crippen LogP contribution < -0.4 is 0 Å². The first kappa shape index (κ1) is 43.1. The molecule has 0 aromatic heterocycles. The summed E-state index contributed by atoms with van der Waals surface area (Å²) in [6, 6.07) is 0. The average Bonchev–Trinajstić information content (AvgIpc) is 3.04. The zero-order chi connectivity index (χ0) is 32.9. The van der Waals surface area contributed by atoms with Crippen molar-refractivity contribution in [2.24, 2.45) is 0 Å². The number of hydrogen-bond donors (Lipinski definition) is 1. The summed E-state index contributed by atoms with van der Waals surface area (Å²) >= 11 is 0. The molecule has 0 heterocycles. The molecule has 5 heteroatoms. The predicted octanol–water partition coefficient (Wildman–Crippen LogP) is 11.7. The molecule has 5 nitrogen and oxygen atoms in total. The Morgan fingerprint density at radius 2 is 0.889 bits per heavy atom. The molecule has 0 rings (SSSR count). The third kappa shape index (κ3) is 34.8. The molecule has 0 aromatic rings. The minimum Gasteiger partial charge on any atom is -0.462 e. The van der Waals surface area contributed by atoms with Crippen LogP contribution in [0.15, 0.2) is 36.5 Å². The largest absolute Gasteiger partial charge is 0.462 e. The van der Waals surface area contributed by atoms with Crippen molar-refractivity contribution in [3.05, 3.63) is 36.5 Å². The number of unbranched alkanes of at least 4 members (excludes halogenated alkanes) is 20. The van der Waals surface area contributed by atoms with Crippen molar-refractivity contribution in [1.29, 1.82) is 0 Å². The molecule has 1 atom stereocenters. The van der Waals surface area contributed by atoms with E-state index >= 15 is 0 Å². The van der Waals surface area contributed by atoms with Crippen molar-refractivity contribution in [1.82, 2.24) is 0 Å². The van der Waals surface area contributed by atoms with Crippen molar-refractivity contribution in [3.8, 4) is 0 Å². The Balaban J connectivity index is 3.60. The molecule has 0 bridgehead atoms. The van der Waals surface area contributed by atoms with E-state index in [1.54, 1.807) is 0 Å². The van der Waals surface area contributed by atoms with Gasteiger partial charge in [-0.3, -0.25) is 9.59 Å². The molecule has 0 aliphatic carbocycles. The highest BCUT2D eigenvalue weighted by Crippen LogP contribution is 2.12. The van der Waals surface area contributed by atoms with Gasteiger partial charge >= 0.3 is 11.9 Å². The maximum atomic E-state index is 12.1. The van der Waals surface area contributed by atoms with Crippen LogP contribution in [0.4, 0.5) is 0 Å². The minimum absolute atomic E-state index is 0.0750. The fourth-order valence-corrected chi connectivity index (χ4v) is 5.22. The molecule has 0 aliphatic rings. The van der Waals surface area contributed by atoms with Gasteiger partial charge in [0, 0.05) is 12.8 Å². The van der Waals surface area contributed by atoms with Crippen LogP contribution in [-0.2, 0) is 19.1 Å². The highest BCUT2D eigenvalue weighted by Gasteiger charge is 2.16. The van der Waals surface area contributed by atoms with Crippen molar-refractivity contribution in [2.45, 2.75) is 193 Å². The van der Waals surface area contributed by atoms with Gasteiger partial charge in [0.2, 0.25) is 0 Å². The van der Waals surface area contributed by atoms with Crippen LogP contribution in [0.1, 0.15) is 187 Å². The molecule has 0 aromatic carbocycles. The van der Waals surface area contributed by atoms with Gasteiger partial charge in [-0.15, -0.1) is 0 Å². The minimum atomic E-state index is -0.779. The molecular formula is C40H72O5. The summed E-state index contributed by atoms with van der Waals surface area (Å²) in [4.78, 5) is 24.2. The number of aliphatic hydroxyl groups excluding tert-OH is 1. The number of ether oxygens (including phenoxy) is 2. The zero-order valence-electron chi connectivity index (χ0n) is 29.6. The molecule has 262 valence electrons. The average molecular weight is 633 g/mol. The lowest BCUT2D eigenvalue weighted by atomic mass is 10.1. The normalized spacial score (nSPS) is 12.5. The Bertz CT molecular complexity index is 726. The molecule has 0 spiro atoms. The highest BCUT2D eigenvalue weighted by atomic mass is 16.6. The van der Waals surface area contributed by atoms with E-state index in [4.69, 9.17) is 9.47 Å². The Hall–Kier alpha value is -1.88. The van der Waals surface area contributed by atoms with Crippen molar-refractivity contribution in [3.63, 3.8) is 0 Å². The van der Waals surface area contributed by atoms with Gasteiger partial charge in [0.1, 0.15) is 6.61 Å². The Morgan fingerprint density at radius 3 is 1.38 bits per heavy atom. The van der Waals surface area contributed by atoms with E-state index in [9.17, 15) is 14.7 Å². The second-order valence-corrected chi connectivity index (χ2v) is 12.6. The summed E-state index contributed by atoms with van der Waals surface area (Å²) in [5, 5.41) is 9.53. The van der Waals surface area contributed by atoms with Gasteiger partial charge in [0.25, 0.3) is 0 Å². The molecule has 0 saturated heterocycles. The van der Waals surface area contributed by atoms with Gasteiger partial charge in [-0.05, 0) is 70.6 Å². The smallest absolute Gasteiger partial charge is 0.306 e. The van der Waals surface area contributed by atoms with E-state index in [2.05, 4.69) is 50.3 Å². The van der Waals surface area contributed by atoms with E-state index in [1.165, 1.54) is 96.3 Å². The first-order valence-corrected chi connectivity index (χ1v) is 19.0. The second-order valence-electron chi connectivity index (χ2n) is 12.6. The number of rotatable bonds is 34. The van der Waals surface area contributed by atoms with Gasteiger partial charge in [0.05, 0.1) is 6.61 Å². The first-order valence-electron chi connectivity index (χ1n) is 19.0. The van der Waals surface area contributed by atoms with Gasteiger partial charge in [-0.2, -0.15) is 0 Å². The maximum Gasteiger partial charge on any atom is 0.306 e. The van der Waals surface area contributed by atoms with E-state index in [-0.39, 0.29) is 25.2 Å². The fraction of sp³-hybridized carbons (Fsp3) is 0.800. The van der Waals surface area contributed by atoms with Gasteiger partial charge in [-0.1, -0.05) is 140 Å². The van der Waals surface area contributed by atoms with Crippen LogP contribution in [0.25, 0.3) is 0 Å². The van der Waals surface area contributed by atoms with E-state index < -0.39 is 6.10 Å². The van der Waals surface area contributed by atoms with Crippen LogP contribution in [0, 0.1) is 0 Å².